The van der Waals surface area contributed by atoms with Crippen molar-refractivity contribution in [2.24, 2.45) is 5.92 Å². The number of nitrogens with zero attached hydrogens (tertiary/aromatic N) is 1. The Balaban J connectivity index is 2.11. The molecule has 2 atom stereocenters. The molecule has 3 N–H and O–H groups in total. The van der Waals surface area contributed by atoms with Gasteiger partial charge >= 0.3 is 0 Å². The first-order valence-corrected chi connectivity index (χ1v) is 4.18. The molecule has 0 aliphatic carbocycles. The fourth-order valence-electron chi connectivity index (χ4n) is 1.52. The Kier molecular flexibility index (Phi) is 1.77. The van der Waals surface area contributed by atoms with Crippen LogP contribution in [0.1, 0.15) is 25.1 Å². The standard InChI is InChI=1S/C8H13N3O/c1-5-2-7(12-4-5)6-3-8(9)11-10-6/h3,5,7H,2,4H2,1H3,(H3,9,10,11). The van der Waals surface area contributed by atoms with E-state index in [-0.39, 0.29) is 6.10 Å². The molecular weight excluding hydrogens is 154 g/mol. The molecule has 0 spiro atoms. The van der Waals surface area contributed by atoms with Crippen molar-refractivity contribution in [3.63, 3.8) is 0 Å². The fourth-order valence-corrected chi connectivity index (χ4v) is 1.52. The Labute approximate surface area is 71.1 Å². The lowest BCUT2D eigenvalue weighted by molar-refractivity contribution is 0.105. The molecule has 0 amide bonds. The summed E-state index contributed by atoms with van der Waals surface area (Å²) in [4.78, 5) is 0. The lowest BCUT2D eigenvalue weighted by Crippen LogP contribution is -1.95. The number of ether oxygens (including phenoxy) is 1. The third-order valence-corrected chi connectivity index (χ3v) is 2.16. The predicted molar refractivity (Wildman–Crippen MR) is 45.5 cm³/mol. The fraction of sp³-hybridized carbons (Fsp3) is 0.625. The van der Waals surface area contributed by atoms with Crippen LogP contribution in [-0.2, 0) is 4.74 Å². The van der Waals surface area contributed by atoms with Crippen LogP contribution >= 0.6 is 0 Å². The van der Waals surface area contributed by atoms with Gasteiger partial charge in [0.1, 0.15) is 5.82 Å². The Hall–Kier alpha value is -1.03. The lowest BCUT2D eigenvalue weighted by atomic mass is 10.1. The summed E-state index contributed by atoms with van der Waals surface area (Å²) in [5.74, 6) is 1.17. The van der Waals surface area contributed by atoms with Crippen molar-refractivity contribution in [1.29, 1.82) is 0 Å². The first kappa shape index (κ1) is 7.61. The second-order valence-corrected chi connectivity index (χ2v) is 3.41. The maximum atomic E-state index is 5.54. The molecule has 1 aliphatic rings. The summed E-state index contributed by atoms with van der Waals surface area (Å²) in [6.07, 6.45) is 1.23. The van der Waals surface area contributed by atoms with Gasteiger partial charge in [-0.15, -0.1) is 0 Å². The first-order chi connectivity index (χ1) is 5.75. The molecular formula is C8H13N3O. The van der Waals surface area contributed by atoms with Gasteiger partial charge in [0.05, 0.1) is 18.4 Å². The molecule has 1 aromatic heterocycles. The van der Waals surface area contributed by atoms with Crippen molar-refractivity contribution < 1.29 is 4.74 Å². The van der Waals surface area contributed by atoms with Gasteiger partial charge in [0.25, 0.3) is 0 Å². The number of nitrogens with one attached hydrogen (secondary N) is 1. The van der Waals surface area contributed by atoms with Gasteiger partial charge in [0.15, 0.2) is 0 Å². The van der Waals surface area contributed by atoms with Crippen molar-refractivity contribution in [1.82, 2.24) is 10.2 Å². The maximum absolute atomic E-state index is 5.54. The highest BCUT2D eigenvalue weighted by Crippen LogP contribution is 2.31. The molecule has 4 heteroatoms. The summed E-state index contributed by atoms with van der Waals surface area (Å²) in [6.45, 7) is 3.02. The molecule has 1 aromatic rings. The Morgan fingerprint density at radius 1 is 1.75 bits per heavy atom. The van der Waals surface area contributed by atoms with Crippen LogP contribution in [0.4, 0.5) is 5.82 Å². The van der Waals surface area contributed by atoms with E-state index >= 15 is 0 Å². The highest BCUT2D eigenvalue weighted by atomic mass is 16.5. The zero-order valence-electron chi connectivity index (χ0n) is 7.08. The van der Waals surface area contributed by atoms with E-state index in [1.165, 1.54) is 0 Å². The Morgan fingerprint density at radius 2 is 2.58 bits per heavy atom. The summed E-state index contributed by atoms with van der Waals surface area (Å²) < 4.78 is 5.54. The third-order valence-electron chi connectivity index (χ3n) is 2.16. The van der Waals surface area contributed by atoms with E-state index in [1.54, 1.807) is 0 Å². The highest BCUT2D eigenvalue weighted by Gasteiger charge is 2.24. The van der Waals surface area contributed by atoms with Gasteiger partial charge < -0.3 is 10.5 Å². The molecule has 12 heavy (non-hydrogen) atoms. The molecule has 0 radical (unpaired) electrons. The van der Waals surface area contributed by atoms with Gasteiger partial charge in [0.2, 0.25) is 0 Å². The molecule has 0 aromatic carbocycles. The Morgan fingerprint density at radius 3 is 3.08 bits per heavy atom. The minimum absolute atomic E-state index is 0.171. The molecule has 2 rings (SSSR count). The minimum Gasteiger partial charge on any atom is -0.382 e. The molecule has 1 aliphatic heterocycles. The van der Waals surface area contributed by atoms with Gasteiger partial charge in [0, 0.05) is 6.07 Å². The van der Waals surface area contributed by atoms with Gasteiger partial charge in [-0.05, 0) is 12.3 Å². The van der Waals surface area contributed by atoms with E-state index in [0.717, 1.165) is 18.7 Å². The summed E-state index contributed by atoms with van der Waals surface area (Å²) in [5.41, 5.74) is 6.48. The topological polar surface area (TPSA) is 63.9 Å². The van der Waals surface area contributed by atoms with Gasteiger partial charge in [-0.2, -0.15) is 5.10 Å². The van der Waals surface area contributed by atoms with Crippen molar-refractivity contribution in [3.8, 4) is 0 Å². The number of rotatable bonds is 1. The van der Waals surface area contributed by atoms with Gasteiger partial charge in [-0.1, -0.05) is 6.92 Å². The average molecular weight is 167 g/mol. The van der Waals surface area contributed by atoms with E-state index < -0.39 is 0 Å². The van der Waals surface area contributed by atoms with E-state index in [0.29, 0.717) is 11.7 Å². The normalized spacial score (nSPS) is 29.4. The van der Waals surface area contributed by atoms with Crippen LogP contribution in [-0.4, -0.2) is 16.8 Å². The van der Waals surface area contributed by atoms with Gasteiger partial charge in [-0.3, -0.25) is 5.10 Å². The second kappa shape index (κ2) is 2.79. The zero-order chi connectivity index (χ0) is 8.55. The van der Waals surface area contributed by atoms with Crippen LogP contribution in [0.2, 0.25) is 0 Å². The van der Waals surface area contributed by atoms with Crippen LogP contribution in [0, 0.1) is 5.92 Å². The molecule has 0 bridgehead atoms. The number of hydrogen-bond acceptors (Lipinski definition) is 3. The third kappa shape index (κ3) is 1.30. The van der Waals surface area contributed by atoms with Crippen LogP contribution in [0.15, 0.2) is 6.07 Å². The minimum atomic E-state index is 0.171. The number of H-pyrrole nitrogens is 1. The van der Waals surface area contributed by atoms with Crippen LogP contribution in [0.25, 0.3) is 0 Å². The number of aromatic nitrogens is 2. The zero-order valence-corrected chi connectivity index (χ0v) is 7.08. The molecule has 66 valence electrons. The number of nitrogens with two attached hydrogens (primary N) is 1. The van der Waals surface area contributed by atoms with Crippen LogP contribution in [0.3, 0.4) is 0 Å². The SMILES string of the molecule is CC1COC(c2cc(N)n[nH]2)C1. The summed E-state index contributed by atoms with van der Waals surface area (Å²) in [6, 6.07) is 1.84. The number of anilines is 1. The molecule has 2 unspecified atom stereocenters. The number of hydrogen-bond donors (Lipinski definition) is 2. The highest BCUT2D eigenvalue weighted by molar-refractivity contribution is 5.29. The van der Waals surface area contributed by atoms with E-state index in [9.17, 15) is 0 Å². The summed E-state index contributed by atoms with van der Waals surface area (Å²) in [5, 5.41) is 6.73. The molecule has 0 saturated carbocycles. The Bertz CT molecular complexity index is 271. The van der Waals surface area contributed by atoms with Crippen molar-refractivity contribution >= 4 is 5.82 Å². The summed E-state index contributed by atoms with van der Waals surface area (Å²) >= 11 is 0. The molecule has 2 heterocycles. The van der Waals surface area contributed by atoms with Crippen molar-refractivity contribution in [2.45, 2.75) is 19.4 Å². The quantitative estimate of drug-likeness (QED) is 0.658. The van der Waals surface area contributed by atoms with Crippen molar-refractivity contribution in [3.05, 3.63) is 11.8 Å². The van der Waals surface area contributed by atoms with E-state index in [4.69, 9.17) is 10.5 Å². The van der Waals surface area contributed by atoms with E-state index in [2.05, 4.69) is 17.1 Å². The largest absolute Gasteiger partial charge is 0.382 e. The number of nitrogen functional groups attached to an aromatic ring is 1. The van der Waals surface area contributed by atoms with Crippen molar-refractivity contribution in [2.75, 3.05) is 12.3 Å². The molecule has 1 fully saturated rings. The molecule has 1 saturated heterocycles. The van der Waals surface area contributed by atoms with Crippen LogP contribution < -0.4 is 5.73 Å². The van der Waals surface area contributed by atoms with E-state index in [1.807, 2.05) is 6.07 Å². The molecule has 4 nitrogen and oxygen atoms in total. The monoisotopic (exact) mass is 167 g/mol. The smallest absolute Gasteiger partial charge is 0.145 e. The second-order valence-electron chi connectivity index (χ2n) is 3.41. The maximum Gasteiger partial charge on any atom is 0.145 e. The first-order valence-electron chi connectivity index (χ1n) is 4.18. The van der Waals surface area contributed by atoms with Gasteiger partial charge in [-0.25, -0.2) is 0 Å². The number of aromatic amines is 1. The average Bonchev–Trinajstić information content (AvgIpc) is 2.58. The van der Waals surface area contributed by atoms with Crippen LogP contribution in [0.5, 0.6) is 0 Å². The predicted octanol–water partition coefficient (Wildman–Crippen LogP) is 1.09. The lowest BCUT2D eigenvalue weighted by Gasteiger charge is -2.04. The summed E-state index contributed by atoms with van der Waals surface area (Å²) in [7, 11) is 0.